The second-order valence-corrected chi connectivity index (χ2v) is 3.21. The van der Waals surface area contributed by atoms with E-state index in [0.717, 1.165) is 19.4 Å². The Morgan fingerprint density at radius 2 is 2.29 bits per heavy atom. The molecule has 0 aliphatic carbocycles. The van der Waals surface area contributed by atoms with Crippen molar-refractivity contribution in [2.45, 2.75) is 19.8 Å². The van der Waals surface area contributed by atoms with Crippen LogP contribution in [0.1, 0.15) is 24.5 Å². The van der Waals surface area contributed by atoms with Crippen LogP contribution in [0.4, 0.5) is 0 Å². The Morgan fingerprint density at radius 3 is 3.00 bits per heavy atom. The standard InChI is InChI=1S/C13H17N/c1-3-5-9-14-11-13-8-6-7-12(4-2)10-13/h3,6-8,10-11H,1,4-5,9H2,2H3. The minimum absolute atomic E-state index is 0.833. The highest BCUT2D eigenvalue weighted by Crippen LogP contribution is 2.03. The summed E-state index contributed by atoms with van der Waals surface area (Å²) in [6, 6.07) is 8.47. The quantitative estimate of drug-likeness (QED) is 0.381. The molecular formula is C13H17N. The largest absolute Gasteiger partial charge is 0.292 e. The minimum Gasteiger partial charge on any atom is -0.292 e. The number of hydrogen-bond donors (Lipinski definition) is 0. The molecule has 0 radical (unpaired) electrons. The minimum atomic E-state index is 0.833. The summed E-state index contributed by atoms with van der Waals surface area (Å²) in [5.41, 5.74) is 2.55. The van der Waals surface area contributed by atoms with Crippen molar-refractivity contribution < 1.29 is 0 Å². The van der Waals surface area contributed by atoms with Gasteiger partial charge in [0.05, 0.1) is 0 Å². The van der Waals surface area contributed by atoms with Gasteiger partial charge in [-0.3, -0.25) is 4.99 Å². The first-order valence-electron chi connectivity index (χ1n) is 5.06. The SMILES string of the molecule is C=CCCN=Cc1cccc(CC)c1. The molecule has 0 N–H and O–H groups in total. The number of benzene rings is 1. The van der Waals surface area contributed by atoms with Crippen molar-refractivity contribution in [3.8, 4) is 0 Å². The van der Waals surface area contributed by atoms with Crippen molar-refractivity contribution in [2.75, 3.05) is 6.54 Å². The normalized spacial score (nSPS) is 10.6. The summed E-state index contributed by atoms with van der Waals surface area (Å²) >= 11 is 0. The molecule has 0 heterocycles. The van der Waals surface area contributed by atoms with E-state index in [1.807, 2.05) is 12.3 Å². The van der Waals surface area contributed by atoms with Gasteiger partial charge in [0.2, 0.25) is 0 Å². The van der Waals surface area contributed by atoms with Gasteiger partial charge in [-0.1, -0.05) is 37.3 Å². The van der Waals surface area contributed by atoms with E-state index in [-0.39, 0.29) is 0 Å². The highest BCUT2D eigenvalue weighted by molar-refractivity contribution is 5.79. The third-order valence-corrected chi connectivity index (χ3v) is 2.06. The molecule has 1 aromatic rings. The van der Waals surface area contributed by atoms with Gasteiger partial charge >= 0.3 is 0 Å². The van der Waals surface area contributed by atoms with Crippen LogP contribution in [-0.4, -0.2) is 12.8 Å². The first-order valence-corrected chi connectivity index (χ1v) is 5.06. The van der Waals surface area contributed by atoms with Crippen molar-refractivity contribution in [1.82, 2.24) is 0 Å². The predicted octanol–water partition coefficient (Wildman–Crippen LogP) is 3.24. The Hall–Kier alpha value is -1.37. The lowest BCUT2D eigenvalue weighted by Crippen LogP contribution is -1.86. The van der Waals surface area contributed by atoms with Crippen LogP contribution in [0.5, 0.6) is 0 Å². The van der Waals surface area contributed by atoms with E-state index in [2.05, 4.69) is 42.8 Å². The van der Waals surface area contributed by atoms with Gasteiger partial charge in [-0.15, -0.1) is 6.58 Å². The molecule has 14 heavy (non-hydrogen) atoms. The van der Waals surface area contributed by atoms with Crippen LogP contribution in [0.15, 0.2) is 41.9 Å². The van der Waals surface area contributed by atoms with Crippen LogP contribution in [-0.2, 0) is 6.42 Å². The molecule has 0 saturated carbocycles. The van der Waals surface area contributed by atoms with Gasteiger partial charge in [0.1, 0.15) is 0 Å². The van der Waals surface area contributed by atoms with E-state index in [1.165, 1.54) is 11.1 Å². The smallest absolute Gasteiger partial charge is 0.0423 e. The van der Waals surface area contributed by atoms with E-state index >= 15 is 0 Å². The average Bonchev–Trinajstić information content (AvgIpc) is 2.25. The molecule has 1 aromatic carbocycles. The Balaban J connectivity index is 2.57. The molecule has 1 heteroatoms. The molecule has 0 aliphatic heterocycles. The second kappa shape index (κ2) is 6.14. The third-order valence-electron chi connectivity index (χ3n) is 2.06. The molecule has 0 bridgehead atoms. The predicted molar refractivity (Wildman–Crippen MR) is 63.1 cm³/mol. The summed E-state index contributed by atoms with van der Waals surface area (Å²) in [6.45, 7) is 6.65. The molecule has 0 atom stereocenters. The van der Waals surface area contributed by atoms with Gasteiger partial charge in [0, 0.05) is 12.8 Å². The molecule has 0 aromatic heterocycles. The number of rotatable bonds is 5. The average molecular weight is 187 g/mol. The maximum absolute atomic E-state index is 4.31. The summed E-state index contributed by atoms with van der Waals surface area (Å²) < 4.78 is 0. The maximum Gasteiger partial charge on any atom is 0.0423 e. The van der Waals surface area contributed by atoms with Crippen LogP contribution in [0.25, 0.3) is 0 Å². The Labute approximate surface area is 86.2 Å². The molecule has 1 rings (SSSR count). The highest BCUT2D eigenvalue weighted by Gasteiger charge is 1.90. The molecule has 0 spiro atoms. The molecule has 0 unspecified atom stereocenters. The van der Waals surface area contributed by atoms with Crippen molar-refractivity contribution in [1.29, 1.82) is 0 Å². The first-order chi connectivity index (χ1) is 6.86. The summed E-state index contributed by atoms with van der Waals surface area (Å²) in [4.78, 5) is 4.31. The summed E-state index contributed by atoms with van der Waals surface area (Å²) in [5.74, 6) is 0. The molecule has 74 valence electrons. The summed E-state index contributed by atoms with van der Waals surface area (Å²) in [5, 5.41) is 0. The Kier molecular flexibility index (Phi) is 4.70. The van der Waals surface area contributed by atoms with Gasteiger partial charge in [0.25, 0.3) is 0 Å². The zero-order valence-corrected chi connectivity index (χ0v) is 8.74. The summed E-state index contributed by atoms with van der Waals surface area (Å²) in [7, 11) is 0. The topological polar surface area (TPSA) is 12.4 Å². The van der Waals surface area contributed by atoms with Gasteiger partial charge in [-0.05, 0) is 24.0 Å². The second-order valence-electron chi connectivity index (χ2n) is 3.21. The molecular weight excluding hydrogens is 170 g/mol. The van der Waals surface area contributed by atoms with Crippen molar-refractivity contribution in [3.63, 3.8) is 0 Å². The number of hydrogen-bond acceptors (Lipinski definition) is 1. The molecule has 0 saturated heterocycles. The van der Waals surface area contributed by atoms with Crippen molar-refractivity contribution in [3.05, 3.63) is 48.0 Å². The molecule has 0 fully saturated rings. The van der Waals surface area contributed by atoms with Crippen LogP contribution in [0, 0.1) is 0 Å². The molecule has 1 nitrogen and oxygen atoms in total. The lowest BCUT2D eigenvalue weighted by Gasteiger charge is -1.97. The van der Waals surface area contributed by atoms with Crippen LogP contribution in [0.2, 0.25) is 0 Å². The van der Waals surface area contributed by atoms with E-state index in [1.54, 1.807) is 0 Å². The number of aliphatic imine (C=N–C) groups is 1. The van der Waals surface area contributed by atoms with E-state index in [4.69, 9.17) is 0 Å². The van der Waals surface area contributed by atoms with Crippen molar-refractivity contribution in [2.24, 2.45) is 4.99 Å². The monoisotopic (exact) mass is 187 g/mol. The zero-order valence-electron chi connectivity index (χ0n) is 8.74. The fourth-order valence-corrected chi connectivity index (χ4v) is 1.23. The van der Waals surface area contributed by atoms with E-state index < -0.39 is 0 Å². The zero-order chi connectivity index (χ0) is 10.2. The number of nitrogens with zero attached hydrogens (tertiary/aromatic N) is 1. The Morgan fingerprint density at radius 1 is 1.43 bits per heavy atom. The fourth-order valence-electron chi connectivity index (χ4n) is 1.23. The van der Waals surface area contributed by atoms with Crippen LogP contribution in [0.3, 0.4) is 0 Å². The van der Waals surface area contributed by atoms with Crippen LogP contribution >= 0.6 is 0 Å². The number of aryl methyl sites for hydroxylation is 1. The highest BCUT2D eigenvalue weighted by atomic mass is 14.7. The van der Waals surface area contributed by atoms with Gasteiger partial charge in [-0.2, -0.15) is 0 Å². The van der Waals surface area contributed by atoms with Gasteiger partial charge < -0.3 is 0 Å². The van der Waals surface area contributed by atoms with Gasteiger partial charge in [-0.25, -0.2) is 0 Å². The fraction of sp³-hybridized carbons (Fsp3) is 0.308. The van der Waals surface area contributed by atoms with E-state index in [0.29, 0.717) is 0 Å². The molecule has 0 aliphatic rings. The maximum atomic E-state index is 4.31. The van der Waals surface area contributed by atoms with Crippen LogP contribution < -0.4 is 0 Å². The van der Waals surface area contributed by atoms with Gasteiger partial charge in [0.15, 0.2) is 0 Å². The lowest BCUT2D eigenvalue weighted by molar-refractivity contribution is 1.02. The lowest BCUT2D eigenvalue weighted by atomic mass is 10.1. The third kappa shape index (κ3) is 3.56. The van der Waals surface area contributed by atoms with Crippen molar-refractivity contribution >= 4 is 6.21 Å². The summed E-state index contributed by atoms with van der Waals surface area (Å²) in [6.07, 6.45) is 5.85. The Bertz CT molecular complexity index is 313. The van der Waals surface area contributed by atoms with E-state index in [9.17, 15) is 0 Å². The first kappa shape index (κ1) is 10.7. The molecule has 0 amide bonds.